The maximum atomic E-state index is 11.5. The van der Waals surface area contributed by atoms with Crippen LogP contribution in [0.1, 0.15) is 12.5 Å². The molecular weight excluding hydrogens is 220 g/mol. The molecule has 0 fully saturated rings. The predicted octanol–water partition coefficient (Wildman–Crippen LogP) is 1.17. The van der Waals surface area contributed by atoms with E-state index in [0.29, 0.717) is 6.42 Å². The number of hydrogen-bond acceptors (Lipinski definition) is 4. The predicted molar refractivity (Wildman–Crippen MR) is 63.6 cm³/mol. The second-order valence-corrected chi connectivity index (χ2v) is 3.88. The number of rotatable bonds is 6. The Hall–Kier alpha value is -1.39. The molecule has 0 saturated carbocycles. The average molecular weight is 238 g/mol. The fourth-order valence-electron chi connectivity index (χ4n) is 1.43. The van der Waals surface area contributed by atoms with E-state index in [0.717, 1.165) is 5.56 Å². The largest absolute Gasteiger partial charge is 0.467 e. The van der Waals surface area contributed by atoms with E-state index in [1.165, 1.54) is 7.11 Å². The monoisotopic (exact) mass is 238 g/mol. The summed E-state index contributed by atoms with van der Waals surface area (Å²) in [5.74, 6) is -0.422. The number of aliphatic hydroxyl groups is 1. The van der Waals surface area contributed by atoms with Gasteiger partial charge in [-0.3, -0.25) is 0 Å². The quantitative estimate of drug-likeness (QED) is 0.756. The maximum absolute atomic E-state index is 11.5. The van der Waals surface area contributed by atoms with Crippen LogP contribution in [0.5, 0.6) is 0 Å². The number of methoxy groups -OCH3 is 1. The molecule has 0 heterocycles. The molecule has 17 heavy (non-hydrogen) atoms. The standard InChI is InChI=1S/C13H18O4/c1-10(14)9-17-12(13(15)16-2)8-11-6-4-3-5-7-11/h3-7,10,12,14H,8-9H2,1-2H3/t10?,12-/m0/s1. The zero-order chi connectivity index (χ0) is 12.7. The molecular formula is C13H18O4. The lowest BCUT2D eigenvalue weighted by Crippen LogP contribution is -2.30. The molecule has 1 aromatic carbocycles. The van der Waals surface area contributed by atoms with E-state index in [2.05, 4.69) is 4.74 Å². The Bertz CT molecular complexity index is 335. The number of benzene rings is 1. The fourth-order valence-corrected chi connectivity index (χ4v) is 1.43. The van der Waals surface area contributed by atoms with Crippen LogP contribution in [0.2, 0.25) is 0 Å². The highest BCUT2D eigenvalue weighted by Crippen LogP contribution is 2.08. The van der Waals surface area contributed by atoms with E-state index in [9.17, 15) is 4.79 Å². The zero-order valence-corrected chi connectivity index (χ0v) is 10.1. The molecule has 0 aliphatic rings. The molecule has 0 saturated heterocycles. The van der Waals surface area contributed by atoms with Gasteiger partial charge >= 0.3 is 5.97 Å². The zero-order valence-electron chi connectivity index (χ0n) is 10.1. The van der Waals surface area contributed by atoms with Crippen LogP contribution < -0.4 is 0 Å². The van der Waals surface area contributed by atoms with E-state index in [1.54, 1.807) is 6.92 Å². The summed E-state index contributed by atoms with van der Waals surface area (Å²) in [5.41, 5.74) is 0.994. The van der Waals surface area contributed by atoms with Crippen molar-refractivity contribution in [2.24, 2.45) is 0 Å². The highest BCUT2D eigenvalue weighted by atomic mass is 16.6. The molecule has 0 amide bonds. The summed E-state index contributed by atoms with van der Waals surface area (Å²) in [6, 6.07) is 9.55. The second-order valence-electron chi connectivity index (χ2n) is 3.88. The number of aliphatic hydroxyl groups excluding tert-OH is 1. The van der Waals surface area contributed by atoms with Gasteiger partial charge in [0.15, 0.2) is 6.10 Å². The van der Waals surface area contributed by atoms with Gasteiger partial charge < -0.3 is 14.6 Å². The molecule has 0 aromatic heterocycles. The van der Waals surface area contributed by atoms with Crippen molar-refractivity contribution >= 4 is 5.97 Å². The minimum Gasteiger partial charge on any atom is -0.467 e. The summed E-state index contributed by atoms with van der Waals surface area (Å²) in [7, 11) is 1.33. The van der Waals surface area contributed by atoms with Crippen molar-refractivity contribution in [3.05, 3.63) is 35.9 Å². The molecule has 0 aliphatic heterocycles. The van der Waals surface area contributed by atoms with Gasteiger partial charge in [-0.1, -0.05) is 30.3 Å². The van der Waals surface area contributed by atoms with Gasteiger partial charge in [0.05, 0.1) is 19.8 Å². The Morgan fingerprint density at radius 2 is 2.00 bits per heavy atom. The third-order valence-electron chi connectivity index (χ3n) is 2.27. The van der Waals surface area contributed by atoms with Gasteiger partial charge in [0, 0.05) is 6.42 Å². The van der Waals surface area contributed by atoms with E-state index in [-0.39, 0.29) is 6.61 Å². The topological polar surface area (TPSA) is 55.8 Å². The second kappa shape index (κ2) is 7.04. The molecule has 1 aromatic rings. The first-order valence-electron chi connectivity index (χ1n) is 5.55. The van der Waals surface area contributed by atoms with Crippen molar-refractivity contribution in [2.45, 2.75) is 25.6 Å². The lowest BCUT2D eigenvalue weighted by molar-refractivity contribution is -0.155. The van der Waals surface area contributed by atoms with Crippen LogP contribution in [0.25, 0.3) is 0 Å². The van der Waals surface area contributed by atoms with Gasteiger partial charge in [0.1, 0.15) is 0 Å². The first-order valence-corrected chi connectivity index (χ1v) is 5.55. The number of ether oxygens (including phenoxy) is 2. The molecule has 0 bridgehead atoms. The van der Waals surface area contributed by atoms with Crippen molar-refractivity contribution in [1.29, 1.82) is 0 Å². The minimum absolute atomic E-state index is 0.118. The third kappa shape index (κ3) is 4.97. The van der Waals surface area contributed by atoms with Gasteiger partial charge in [-0.25, -0.2) is 4.79 Å². The van der Waals surface area contributed by atoms with Crippen LogP contribution in [0.15, 0.2) is 30.3 Å². The molecule has 0 radical (unpaired) electrons. The van der Waals surface area contributed by atoms with Gasteiger partial charge in [-0.05, 0) is 12.5 Å². The smallest absolute Gasteiger partial charge is 0.335 e. The summed E-state index contributed by atoms with van der Waals surface area (Å²) in [4.78, 5) is 11.5. The van der Waals surface area contributed by atoms with Crippen LogP contribution in [-0.2, 0) is 20.7 Å². The molecule has 1 unspecified atom stereocenters. The number of carbonyl (C=O) groups is 1. The Balaban J connectivity index is 2.60. The molecule has 94 valence electrons. The van der Waals surface area contributed by atoms with Gasteiger partial charge in [-0.15, -0.1) is 0 Å². The van der Waals surface area contributed by atoms with E-state index < -0.39 is 18.2 Å². The number of carbonyl (C=O) groups excluding carboxylic acids is 1. The Morgan fingerprint density at radius 1 is 1.35 bits per heavy atom. The normalized spacial score (nSPS) is 14.1. The van der Waals surface area contributed by atoms with Gasteiger partial charge in [0.2, 0.25) is 0 Å². The molecule has 4 nitrogen and oxygen atoms in total. The maximum Gasteiger partial charge on any atom is 0.335 e. The Morgan fingerprint density at radius 3 is 2.53 bits per heavy atom. The van der Waals surface area contributed by atoms with Crippen LogP contribution in [0.4, 0.5) is 0 Å². The van der Waals surface area contributed by atoms with Crippen LogP contribution in [-0.4, -0.2) is 37.0 Å². The number of hydrogen-bond donors (Lipinski definition) is 1. The highest BCUT2D eigenvalue weighted by molar-refractivity contribution is 5.74. The molecule has 2 atom stereocenters. The summed E-state index contributed by atoms with van der Waals surface area (Å²) in [6.45, 7) is 1.73. The summed E-state index contributed by atoms with van der Waals surface area (Å²) >= 11 is 0. The van der Waals surface area contributed by atoms with Crippen molar-refractivity contribution in [1.82, 2.24) is 0 Å². The van der Waals surface area contributed by atoms with Crippen LogP contribution >= 0.6 is 0 Å². The first-order chi connectivity index (χ1) is 8.13. The minimum atomic E-state index is -0.669. The Kier molecular flexibility index (Phi) is 5.66. The van der Waals surface area contributed by atoms with Crippen LogP contribution in [0, 0.1) is 0 Å². The lowest BCUT2D eigenvalue weighted by Gasteiger charge is -2.16. The van der Waals surface area contributed by atoms with Crippen molar-refractivity contribution in [2.75, 3.05) is 13.7 Å². The van der Waals surface area contributed by atoms with E-state index in [4.69, 9.17) is 9.84 Å². The highest BCUT2D eigenvalue weighted by Gasteiger charge is 2.20. The summed E-state index contributed by atoms with van der Waals surface area (Å²) in [5, 5.41) is 9.14. The van der Waals surface area contributed by atoms with E-state index in [1.807, 2.05) is 30.3 Å². The summed E-state index contributed by atoms with van der Waals surface area (Å²) in [6.07, 6.45) is -0.824. The number of esters is 1. The fraction of sp³-hybridized carbons (Fsp3) is 0.462. The SMILES string of the molecule is COC(=O)[C@H](Cc1ccccc1)OCC(C)O. The van der Waals surface area contributed by atoms with Gasteiger partial charge in [0.25, 0.3) is 0 Å². The summed E-state index contributed by atoms with van der Waals surface area (Å²) < 4.78 is 10.0. The third-order valence-corrected chi connectivity index (χ3v) is 2.27. The molecule has 1 N–H and O–H groups in total. The average Bonchev–Trinajstić information content (AvgIpc) is 2.34. The van der Waals surface area contributed by atoms with Crippen molar-refractivity contribution < 1.29 is 19.4 Å². The Labute approximate surface area is 101 Å². The van der Waals surface area contributed by atoms with Crippen LogP contribution in [0.3, 0.4) is 0 Å². The lowest BCUT2D eigenvalue weighted by atomic mass is 10.1. The van der Waals surface area contributed by atoms with E-state index >= 15 is 0 Å². The van der Waals surface area contributed by atoms with Crippen molar-refractivity contribution in [3.8, 4) is 0 Å². The molecule has 0 spiro atoms. The van der Waals surface area contributed by atoms with Gasteiger partial charge in [-0.2, -0.15) is 0 Å². The molecule has 0 aliphatic carbocycles. The van der Waals surface area contributed by atoms with Crippen molar-refractivity contribution in [3.63, 3.8) is 0 Å². The molecule has 4 heteroatoms. The molecule has 1 rings (SSSR count). The first kappa shape index (κ1) is 13.7.